The van der Waals surface area contributed by atoms with Crippen LogP contribution in [0, 0.1) is 0 Å². The van der Waals surface area contributed by atoms with Gasteiger partial charge in [0.15, 0.2) is 0 Å². The van der Waals surface area contributed by atoms with Crippen molar-refractivity contribution in [1.82, 2.24) is 5.32 Å². The number of dihydropyridines is 1. The smallest absolute Gasteiger partial charge is 0.337 e. The molecule has 2 atom stereocenters. The number of nitrogens with one attached hydrogen (secondary N) is 1. The molecule has 0 saturated carbocycles. The molecule has 0 aromatic heterocycles. The van der Waals surface area contributed by atoms with Gasteiger partial charge in [0, 0.05) is 11.9 Å². The molecule has 13 heavy (non-hydrogen) atoms. The van der Waals surface area contributed by atoms with Gasteiger partial charge in [-0.25, -0.2) is 4.79 Å². The summed E-state index contributed by atoms with van der Waals surface area (Å²) >= 11 is 0. The predicted molar refractivity (Wildman–Crippen MR) is 59.3 cm³/mol. The van der Waals surface area contributed by atoms with Crippen molar-refractivity contribution >= 4 is 24.4 Å². The van der Waals surface area contributed by atoms with E-state index >= 15 is 0 Å². The summed E-state index contributed by atoms with van der Waals surface area (Å²) in [6, 6.07) is 0. The minimum Gasteiger partial charge on any atom is -0.478 e. The van der Waals surface area contributed by atoms with Crippen LogP contribution in [0.25, 0.3) is 0 Å². The molecule has 1 rings (SSSR count). The molecule has 5 heteroatoms. The molecule has 3 nitrogen and oxygen atoms in total. The highest BCUT2D eigenvalue weighted by molar-refractivity contribution is 7.25. The van der Waals surface area contributed by atoms with Crippen LogP contribution in [0.2, 0.25) is 0 Å². The van der Waals surface area contributed by atoms with E-state index in [1.54, 1.807) is 6.08 Å². The molecule has 0 fully saturated rings. The van der Waals surface area contributed by atoms with E-state index in [-0.39, 0.29) is 5.31 Å². The summed E-state index contributed by atoms with van der Waals surface area (Å²) in [5.74, 6) is -0.929. The van der Waals surface area contributed by atoms with Crippen molar-refractivity contribution in [1.29, 1.82) is 0 Å². The molecule has 0 amide bonds. The van der Waals surface area contributed by atoms with Gasteiger partial charge in [-0.05, 0) is 12.2 Å². The summed E-state index contributed by atoms with van der Waals surface area (Å²) in [7, 11) is 4.79. The fourth-order valence-electron chi connectivity index (χ4n) is 0.908. The van der Waals surface area contributed by atoms with E-state index in [1.165, 1.54) is 0 Å². The first-order valence-electron chi connectivity index (χ1n) is 3.72. The van der Waals surface area contributed by atoms with Gasteiger partial charge in [0.1, 0.15) is 0 Å². The molecule has 1 aliphatic heterocycles. The third-order valence-electron chi connectivity index (χ3n) is 1.60. The number of hydrogen-bond acceptors (Lipinski definition) is 2. The lowest BCUT2D eigenvalue weighted by Gasteiger charge is -2.14. The zero-order chi connectivity index (χ0) is 9.84. The van der Waals surface area contributed by atoms with Crippen molar-refractivity contribution in [2.24, 2.45) is 0 Å². The van der Waals surface area contributed by atoms with Gasteiger partial charge in [0.05, 0.1) is 11.0 Å². The van der Waals surface area contributed by atoms with Crippen molar-refractivity contribution in [2.75, 3.05) is 6.16 Å². The Morgan fingerprint density at radius 1 is 1.62 bits per heavy atom. The number of carboxylic acid groups (broad SMARTS) is 1. The SMILES string of the molecule is O=C(O)/C(P)=C1\C=CC=C(CP)N1. The Kier molecular flexibility index (Phi) is 3.65. The van der Waals surface area contributed by atoms with E-state index in [2.05, 4.69) is 23.8 Å². The first-order valence-corrected chi connectivity index (χ1v) is 5.12. The molecular weight excluding hydrogens is 204 g/mol. The van der Waals surface area contributed by atoms with Crippen LogP contribution in [0.4, 0.5) is 0 Å². The van der Waals surface area contributed by atoms with Gasteiger partial charge in [0.25, 0.3) is 0 Å². The lowest BCUT2D eigenvalue weighted by molar-refractivity contribution is -0.131. The van der Waals surface area contributed by atoms with E-state index in [0.717, 1.165) is 11.9 Å². The van der Waals surface area contributed by atoms with E-state index in [1.807, 2.05) is 12.2 Å². The topological polar surface area (TPSA) is 49.3 Å². The zero-order valence-corrected chi connectivity index (χ0v) is 9.26. The second-order valence-electron chi connectivity index (χ2n) is 2.51. The maximum atomic E-state index is 10.6. The van der Waals surface area contributed by atoms with Gasteiger partial charge in [-0.1, -0.05) is 15.3 Å². The summed E-state index contributed by atoms with van der Waals surface area (Å²) in [6.45, 7) is 0. The molecule has 0 bridgehead atoms. The molecule has 0 aliphatic carbocycles. The van der Waals surface area contributed by atoms with Crippen molar-refractivity contribution < 1.29 is 9.90 Å². The van der Waals surface area contributed by atoms with Crippen LogP contribution < -0.4 is 5.32 Å². The molecule has 2 N–H and O–H groups in total. The Hall–Kier alpha value is -0.650. The Bertz CT molecular complexity index is 318. The average molecular weight is 215 g/mol. The molecule has 2 unspecified atom stereocenters. The summed E-state index contributed by atoms with van der Waals surface area (Å²) in [5.41, 5.74) is 1.61. The zero-order valence-electron chi connectivity index (χ0n) is 6.95. The summed E-state index contributed by atoms with van der Waals surface area (Å²) < 4.78 is 0. The number of allylic oxidation sites excluding steroid dienone is 4. The van der Waals surface area contributed by atoms with E-state index < -0.39 is 5.97 Å². The van der Waals surface area contributed by atoms with E-state index in [9.17, 15) is 4.79 Å². The molecule has 0 radical (unpaired) electrons. The Morgan fingerprint density at radius 2 is 2.31 bits per heavy atom. The summed E-state index contributed by atoms with van der Waals surface area (Å²) in [5, 5.41) is 12.0. The fourth-order valence-corrected chi connectivity index (χ4v) is 1.31. The van der Waals surface area contributed by atoms with Crippen molar-refractivity contribution in [3.8, 4) is 0 Å². The normalized spacial score (nSPS) is 19.1. The average Bonchev–Trinajstić information content (AvgIpc) is 2.16. The van der Waals surface area contributed by atoms with Crippen LogP contribution in [0.1, 0.15) is 0 Å². The molecular formula is C8H11NO2P2. The lowest BCUT2D eigenvalue weighted by Crippen LogP contribution is -2.17. The quantitative estimate of drug-likeness (QED) is 0.535. The summed E-state index contributed by atoms with van der Waals surface area (Å²) in [4.78, 5) is 10.6. The molecule has 0 aromatic carbocycles. The maximum Gasteiger partial charge on any atom is 0.337 e. The van der Waals surface area contributed by atoms with Gasteiger partial charge in [0.2, 0.25) is 0 Å². The number of rotatable bonds is 2. The second kappa shape index (κ2) is 4.55. The van der Waals surface area contributed by atoms with E-state index in [4.69, 9.17) is 5.11 Å². The lowest BCUT2D eigenvalue weighted by atomic mass is 10.2. The highest BCUT2D eigenvalue weighted by atomic mass is 31.0. The van der Waals surface area contributed by atoms with Gasteiger partial charge >= 0.3 is 5.97 Å². The third kappa shape index (κ3) is 2.65. The van der Waals surface area contributed by atoms with Gasteiger partial charge in [-0.15, -0.1) is 9.24 Å². The second-order valence-corrected chi connectivity index (χ2v) is 3.50. The molecule has 0 spiro atoms. The van der Waals surface area contributed by atoms with Crippen molar-refractivity contribution in [3.05, 3.63) is 34.9 Å². The number of carboxylic acids is 1. The van der Waals surface area contributed by atoms with Crippen molar-refractivity contribution in [2.45, 2.75) is 0 Å². The minimum absolute atomic E-state index is 0.250. The molecule has 70 valence electrons. The minimum atomic E-state index is -0.929. The fraction of sp³-hybridized carbons (Fsp3) is 0.125. The highest BCUT2D eigenvalue weighted by Crippen LogP contribution is 2.16. The van der Waals surface area contributed by atoms with Crippen LogP contribution in [-0.4, -0.2) is 17.2 Å². The Balaban J connectivity index is 2.89. The largest absolute Gasteiger partial charge is 0.478 e. The monoisotopic (exact) mass is 215 g/mol. The molecule has 0 aromatic rings. The van der Waals surface area contributed by atoms with Crippen LogP contribution in [0.15, 0.2) is 34.9 Å². The Morgan fingerprint density at radius 3 is 2.85 bits per heavy atom. The predicted octanol–water partition coefficient (Wildman–Crippen LogP) is 1.08. The molecule has 0 saturated heterocycles. The molecule has 1 aliphatic rings. The first kappa shape index (κ1) is 10.4. The Labute approximate surface area is 81.4 Å². The number of aliphatic carboxylic acids is 1. The maximum absolute atomic E-state index is 10.6. The standard InChI is InChI=1S/C8H11NO2P2/c10-8(11)7(13)6-3-1-2-5(4-12)9-6/h1-3,9H,4,12-13H2,(H,10,11)/b7-6-. The molecule has 1 heterocycles. The van der Waals surface area contributed by atoms with Crippen molar-refractivity contribution in [3.63, 3.8) is 0 Å². The van der Waals surface area contributed by atoms with E-state index in [0.29, 0.717) is 5.70 Å². The van der Waals surface area contributed by atoms with Crippen LogP contribution >= 0.6 is 18.5 Å². The number of carbonyl (C=O) groups is 1. The number of hydrogen-bond donors (Lipinski definition) is 2. The van der Waals surface area contributed by atoms with Gasteiger partial charge in [-0.3, -0.25) is 0 Å². The van der Waals surface area contributed by atoms with Gasteiger partial charge in [-0.2, -0.15) is 0 Å². The van der Waals surface area contributed by atoms with Gasteiger partial charge < -0.3 is 10.4 Å². The van der Waals surface area contributed by atoms with Crippen LogP contribution in [0.5, 0.6) is 0 Å². The van der Waals surface area contributed by atoms with Crippen LogP contribution in [-0.2, 0) is 4.79 Å². The summed E-state index contributed by atoms with van der Waals surface area (Å²) in [6.07, 6.45) is 6.26. The first-order chi connectivity index (χ1) is 6.15. The van der Waals surface area contributed by atoms with Crippen LogP contribution in [0.3, 0.4) is 0 Å². The third-order valence-corrected chi connectivity index (χ3v) is 2.59. The highest BCUT2D eigenvalue weighted by Gasteiger charge is 2.09.